The molecular weight excluding hydrogens is 457 g/mol. The van der Waals surface area contributed by atoms with Gasteiger partial charge >= 0.3 is 0 Å². The van der Waals surface area contributed by atoms with E-state index < -0.39 is 10.7 Å². The SMILES string of the molecule is COc1nccc2c(-c3cc([N+](=O)[O-])ccc3Oc3ccc(Br)c(F)c3)cn(C)c12. The number of nitro groups is 1. The van der Waals surface area contributed by atoms with Crippen molar-refractivity contribution in [2.75, 3.05) is 7.11 Å². The average Bonchev–Trinajstić information content (AvgIpc) is 3.07. The summed E-state index contributed by atoms with van der Waals surface area (Å²) in [6.45, 7) is 0. The lowest BCUT2D eigenvalue weighted by molar-refractivity contribution is -0.384. The van der Waals surface area contributed by atoms with E-state index in [2.05, 4.69) is 20.9 Å². The molecule has 0 aliphatic carbocycles. The van der Waals surface area contributed by atoms with Crippen molar-refractivity contribution in [3.63, 3.8) is 0 Å². The second kappa shape index (κ2) is 7.75. The van der Waals surface area contributed by atoms with Crippen LogP contribution >= 0.6 is 15.9 Å². The summed E-state index contributed by atoms with van der Waals surface area (Å²) in [6.07, 6.45) is 3.43. The lowest BCUT2D eigenvalue weighted by Crippen LogP contribution is -1.93. The molecule has 0 aliphatic heterocycles. The molecular formula is C21H15BrFN3O4. The van der Waals surface area contributed by atoms with Gasteiger partial charge in [-0.15, -0.1) is 0 Å². The molecule has 0 saturated heterocycles. The molecule has 0 atom stereocenters. The van der Waals surface area contributed by atoms with E-state index in [0.717, 1.165) is 10.9 Å². The van der Waals surface area contributed by atoms with Gasteiger partial charge < -0.3 is 14.0 Å². The van der Waals surface area contributed by atoms with Gasteiger partial charge in [0.2, 0.25) is 5.88 Å². The van der Waals surface area contributed by atoms with Gasteiger partial charge in [-0.25, -0.2) is 9.37 Å². The Morgan fingerprint density at radius 1 is 1.17 bits per heavy atom. The van der Waals surface area contributed by atoms with Gasteiger partial charge in [0.05, 0.1) is 16.5 Å². The van der Waals surface area contributed by atoms with Gasteiger partial charge in [-0.3, -0.25) is 10.1 Å². The molecule has 9 heteroatoms. The summed E-state index contributed by atoms with van der Waals surface area (Å²) in [5.74, 6) is 0.581. The van der Waals surface area contributed by atoms with Gasteiger partial charge in [0, 0.05) is 54.2 Å². The molecule has 0 aliphatic rings. The van der Waals surface area contributed by atoms with Gasteiger partial charge in [-0.05, 0) is 40.2 Å². The van der Waals surface area contributed by atoms with Crippen LogP contribution in [0.5, 0.6) is 17.4 Å². The van der Waals surface area contributed by atoms with E-state index in [4.69, 9.17) is 9.47 Å². The standard InChI is InChI=1S/C21H15BrFN3O4/c1-25-11-16(14-7-8-24-21(29-2)20(14)25)15-9-12(26(27)28)3-6-19(15)30-13-4-5-17(22)18(23)10-13/h3-11H,1-2H3. The van der Waals surface area contributed by atoms with E-state index in [1.807, 2.05) is 17.8 Å². The van der Waals surface area contributed by atoms with Crippen LogP contribution in [0.3, 0.4) is 0 Å². The van der Waals surface area contributed by atoms with Gasteiger partial charge in [0.1, 0.15) is 22.8 Å². The smallest absolute Gasteiger partial charge is 0.270 e. The van der Waals surface area contributed by atoms with Crippen molar-refractivity contribution in [3.8, 4) is 28.5 Å². The Labute approximate surface area is 179 Å². The molecule has 2 aromatic carbocycles. The molecule has 2 heterocycles. The number of nitrogens with zero attached hydrogens (tertiary/aromatic N) is 3. The topological polar surface area (TPSA) is 79.4 Å². The predicted molar refractivity (Wildman–Crippen MR) is 114 cm³/mol. The van der Waals surface area contributed by atoms with Gasteiger partial charge in [-0.2, -0.15) is 0 Å². The van der Waals surface area contributed by atoms with Gasteiger partial charge in [0.25, 0.3) is 5.69 Å². The lowest BCUT2D eigenvalue weighted by Gasteiger charge is -2.11. The minimum atomic E-state index is -0.475. The third kappa shape index (κ3) is 3.48. The number of aryl methyl sites for hydroxylation is 1. The highest BCUT2D eigenvalue weighted by molar-refractivity contribution is 9.10. The molecule has 30 heavy (non-hydrogen) atoms. The van der Waals surface area contributed by atoms with Gasteiger partial charge in [0.15, 0.2) is 0 Å². The highest BCUT2D eigenvalue weighted by atomic mass is 79.9. The fourth-order valence-corrected chi connectivity index (χ4v) is 3.53. The molecule has 0 unspecified atom stereocenters. The summed E-state index contributed by atoms with van der Waals surface area (Å²) >= 11 is 3.11. The zero-order valence-electron chi connectivity index (χ0n) is 15.9. The molecule has 0 saturated carbocycles. The number of methoxy groups -OCH3 is 1. The number of aromatic nitrogens is 2. The largest absolute Gasteiger partial charge is 0.479 e. The maximum Gasteiger partial charge on any atom is 0.270 e. The average molecular weight is 472 g/mol. The van der Waals surface area contributed by atoms with E-state index in [1.165, 1.54) is 37.4 Å². The lowest BCUT2D eigenvalue weighted by atomic mass is 10.0. The van der Waals surface area contributed by atoms with Crippen LogP contribution < -0.4 is 9.47 Å². The highest BCUT2D eigenvalue weighted by Crippen LogP contribution is 2.41. The third-order valence-electron chi connectivity index (χ3n) is 4.63. The van der Waals surface area contributed by atoms with Crippen LogP contribution in [0.25, 0.3) is 22.0 Å². The first-order chi connectivity index (χ1) is 14.4. The Morgan fingerprint density at radius 2 is 1.97 bits per heavy atom. The van der Waals surface area contributed by atoms with Crippen molar-refractivity contribution in [1.29, 1.82) is 0 Å². The molecule has 0 N–H and O–H groups in total. The molecule has 0 bridgehead atoms. The molecule has 0 spiro atoms. The van der Waals surface area contributed by atoms with E-state index in [9.17, 15) is 14.5 Å². The summed E-state index contributed by atoms with van der Waals surface area (Å²) in [7, 11) is 3.36. The summed E-state index contributed by atoms with van der Waals surface area (Å²) in [4.78, 5) is 15.1. The summed E-state index contributed by atoms with van der Waals surface area (Å²) in [5.41, 5.74) is 1.84. The van der Waals surface area contributed by atoms with Crippen molar-refractivity contribution < 1.29 is 18.8 Å². The number of ether oxygens (including phenoxy) is 2. The third-order valence-corrected chi connectivity index (χ3v) is 5.28. The second-order valence-corrected chi connectivity index (χ2v) is 7.34. The van der Waals surface area contributed by atoms with E-state index >= 15 is 0 Å². The Balaban J connectivity index is 1.92. The first kappa shape index (κ1) is 19.8. The number of hydrogen-bond acceptors (Lipinski definition) is 5. The Morgan fingerprint density at radius 3 is 2.67 bits per heavy atom. The maximum absolute atomic E-state index is 13.9. The van der Waals surface area contributed by atoms with Crippen molar-refractivity contribution in [2.45, 2.75) is 0 Å². The van der Waals surface area contributed by atoms with Crippen LogP contribution in [0.1, 0.15) is 0 Å². The molecule has 152 valence electrons. The number of nitro benzene ring substituents is 1. The van der Waals surface area contributed by atoms with E-state index in [1.54, 1.807) is 18.3 Å². The monoisotopic (exact) mass is 471 g/mol. The number of hydrogen-bond donors (Lipinski definition) is 0. The molecule has 0 radical (unpaired) electrons. The minimum absolute atomic E-state index is 0.0858. The maximum atomic E-state index is 13.9. The Hall–Kier alpha value is -3.46. The van der Waals surface area contributed by atoms with Gasteiger partial charge in [-0.1, -0.05) is 0 Å². The molecule has 0 amide bonds. The summed E-state index contributed by atoms with van der Waals surface area (Å²) < 4.78 is 27.3. The molecule has 7 nitrogen and oxygen atoms in total. The molecule has 4 rings (SSSR count). The number of benzene rings is 2. The quantitative estimate of drug-likeness (QED) is 0.269. The normalized spacial score (nSPS) is 10.9. The van der Waals surface area contributed by atoms with Crippen LogP contribution in [0.15, 0.2) is 59.3 Å². The highest BCUT2D eigenvalue weighted by Gasteiger charge is 2.20. The van der Waals surface area contributed by atoms with Crippen molar-refractivity contribution >= 4 is 32.5 Å². The number of rotatable bonds is 5. The fourth-order valence-electron chi connectivity index (χ4n) is 3.28. The minimum Gasteiger partial charge on any atom is -0.479 e. The molecule has 4 aromatic rings. The van der Waals surface area contributed by atoms with E-state index in [0.29, 0.717) is 27.2 Å². The first-order valence-corrected chi connectivity index (χ1v) is 9.58. The number of pyridine rings is 1. The zero-order valence-corrected chi connectivity index (χ0v) is 17.5. The molecule has 2 aromatic heterocycles. The van der Waals surface area contributed by atoms with Crippen LogP contribution in [-0.4, -0.2) is 21.6 Å². The number of fused-ring (bicyclic) bond motifs is 1. The Bertz CT molecular complexity index is 1290. The predicted octanol–water partition coefficient (Wildman–Crippen LogP) is 5.85. The fraction of sp³-hybridized carbons (Fsp3) is 0.0952. The van der Waals surface area contributed by atoms with E-state index in [-0.39, 0.29) is 11.4 Å². The van der Waals surface area contributed by atoms with Crippen molar-refractivity contribution in [1.82, 2.24) is 9.55 Å². The number of non-ortho nitro benzene ring substituents is 1. The van der Waals surface area contributed by atoms with Crippen LogP contribution in [-0.2, 0) is 7.05 Å². The van der Waals surface area contributed by atoms with Crippen LogP contribution in [0.2, 0.25) is 0 Å². The summed E-state index contributed by atoms with van der Waals surface area (Å²) in [6, 6.07) is 10.5. The van der Waals surface area contributed by atoms with Crippen LogP contribution in [0.4, 0.5) is 10.1 Å². The summed E-state index contributed by atoms with van der Waals surface area (Å²) in [5, 5.41) is 12.2. The van der Waals surface area contributed by atoms with Crippen LogP contribution in [0, 0.1) is 15.9 Å². The molecule has 0 fully saturated rings. The van der Waals surface area contributed by atoms with Crippen molar-refractivity contribution in [3.05, 3.63) is 75.3 Å². The number of halogens is 2. The second-order valence-electron chi connectivity index (χ2n) is 6.49. The van der Waals surface area contributed by atoms with Crippen molar-refractivity contribution in [2.24, 2.45) is 7.05 Å². The zero-order chi connectivity index (χ0) is 21.4. The first-order valence-electron chi connectivity index (χ1n) is 8.78. The Kier molecular flexibility index (Phi) is 5.13.